The lowest BCUT2D eigenvalue weighted by molar-refractivity contribution is 0.102. The molecule has 1 saturated heterocycles. The summed E-state index contributed by atoms with van der Waals surface area (Å²) in [6, 6.07) is 14.0. The van der Waals surface area contributed by atoms with E-state index in [2.05, 4.69) is 5.32 Å². The van der Waals surface area contributed by atoms with Gasteiger partial charge in [0.05, 0.1) is 18.2 Å². The number of nitrogens with one attached hydrogen (secondary N) is 1. The second-order valence-electron chi connectivity index (χ2n) is 10.7. The lowest BCUT2D eigenvalue weighted by atomic mass is 9.94. The van der Waals surface area contributed by atoms with E-state index in [-0.39, 0.29) is 5.56 Å². The van der Waals surface area contributed by atoms with Gasteiger partial charge in [0.1, 0.15) is 17.1 Å². The van der Waals surface area contributed by atoms with Crippen LogP contribution in [0.2, 0.25) is 5.02 Å². The molecular formula is C32H32ClFN4O5. The molecule has 0 spiro atoms. The molecule has 1 aliphatic heterocycles. The van der Waals surface area contributed by atoms with Gasteiger partial charge in [-0.1, -0.05) is 41.9 Å². The van der Waals surface area contributed by atoms with Crippen LogP contribution in [-0.4, -0.2) is 51.4 Å². The Bertz CT molecular complexity index is 1850. The van der Waals surface area contributed by atoms with Crippen molar-refractivity contribution in [1.82, 2.24) is 14.0 Å². The summed E-state index contributed by atoms with van der Waals surface area (Å²) in [5.74, 6) is -0.687. The summed E-state index contributed by atoms with van der Waals surface area (Å²) in [5.41, 5.74) is 2.71. The molecule has 4 aromatic rings. The van der Waals surface area contributed by atoms with E-state index in [9.17, 15) is 19.5 Å². The third-order valence-corrected chi connectivity index (χ3v) is 8.28. The highest BCUT2D eigenvalue weighted by molar-refractivity contribution is 6.36. The van der Waals surface area contributed by atoms with E-state index in [0.29, 0.717) is 70.3 Å². The number of aryl methyl sites for hydroxylation is 1. The number of carbonyl (C=O) groups excluding carboxylic acids is 1. The van der Waals surface area contributed by atoms with Crippen LogP contribution in [0.1, 0.15) is 27.9 Å². The minimum absolute atomic E-state index is 0.172. The average molecular weight is 607 g/mol. The third kappa shape index (κ3) is 5.86. The summed E-state index contributed by atoms with van der Waals surface area (Å²) in [6.07, 6.45) is 1.46. The number of β-amino-alcohol motifs (C(OH)–C–C–N with tert-alkyl or cyclic N) is 1. The Balaban J connectivity index is 1.48. The minimum Gasteiger partial charge on any atom is -0.496 e. The SMILES string of the molecule is COc1cc(-c2cccc(-c3cccc(NC(=O)c4cn(C)c(=O)n(C)c4=O)c3C)c2Cl)cc(F)c1CN1CC[C@@H](O)C1. The number of aliphatic hydroxyl groups is 1. The summed E-state index contributed by atoms with van der Waals surface area (Å²) in [7, 11) is 4.27. The molecule has 5 rings (SSSR count). The quantitative estimate of drug-likeness (QED) is 0.324. The molecule has 43 heavy (non-hydrogen) atoms. The molecule has 1 aliphatic rings. The van der Waals surface area contributed by atoms with Gasteiger partial charge in [0.25, 0.3) is 11.5 Å². The Morgan fingerprint density at radius 2 is 1.81 bits per heavy atom. The van der Waals surface area contributed by atoms with Gasteiger partial charge in [-0.15, -0.1) is 0 Å². The zero-order valence-electron chi connectivity index (χ0n) is 24.3. The fraction of sp³-hybridized carbons (Fsp3) is 0.281. The van der Waals surface area contributed by atoms with Crippen LogP contribution < -0.4 is 21.3 Å². The van der Waals surface area contributed by atoms with Gasteiger partial charge in [-0.05, 0) is 48.2 Å². The molecule has 0 radical (unpaired) electrons. The normalized spacial score (nSPS) is 15.1. The molecule has 0 bridgehead atoms. The summed E-state index contributed by atoms with van der Waals surface area (Å²) in [4.78, 5) is 39.7. The molecule has 9 nitrogen and oxygen atoms in total. The number of anilines is 1. The van der Waals surface area contributed by atoms with Gasteiger partial charge in [-0.25, -0.2) is 9.18 Å². The number of nitrogens with zero attached hydrogens (tertiary/aromatic N) is 3. The van der Waals surface area contributed by atoms with E-state index in [1.165, 1.54) is 38.0 Å². The van der Waals surface area contributed by atoms with Crippen LogP contribution >= 0.6 is 11.6 Å². The molecule has 0 unspecified atom stereocenters. The van der Waals surface area contributed by atoms with Gasteiger partial charge in [0.2, 0.25) is 0 Å². The summed E-state index contributed by atoms with van der Waals surface area (Å²) in [6.45, 7) is 3.31. The number of benzene rings is 3. The van der Waals surface area contributed by atoms with Gasteiger partial charge in [-0.3, -0.25) is 19.1 Å². The summed E-state index contributed by atoms with van der Waals surface area (Å²) >= 11 is 6.95. The van der Waals surface area contributed by atoms with Crippen molar-refractivity contribution in [2.75, 3.05) is 25.5 Å². The van der Waals surface area contributed by atoms with E-state index >= 15 is 4.39 Å². The van der Waals surface area contributed by atoms with E-state index < -0.39 is 29.1 Å². The van der Waals surface area contributed by atoms with E-state index in [4.69, 9.17) is 16.3 Å². The third-order valence-electron chi connectivity index (χ3n) is 7.88. The largest absolute Gasteiger partial charge is 0.496 e. The fourth-order valence-corrected chi connectivity index (χ4v) is 5.80. The zero-order chi connectivity index (χ0) is 31.0. The number of aliphatic hydroxyl groups excluding tert-OH is 1. The molecule has 2 heterocycles. The van der Waals surface area contributed by atoms with E-state index in [1.54, 1.807) is 24.3 Å². The number of hydrogen-bond donors (Lipinski definition) is 2. The van der Waals surface area contributed by atoms with E-state index in [1.807, 2.05) is 30.0 Å². The number of ether oxygens (including phenoxy) is 1. The summed E-state index contributed by atoms with van der Waals surface area (Å²) < 4.78 is 23.1. The van der Waals surface area contributed by atoms with Crippen LogP contribution in [0.4, 0.5) is 10.1 Å². The minimum atomic E-state index is -0.697. The van der Waals surface area contributed by atoms with Gasteiger partial charge >= 0.3 is 5.69 Å². The molecule has 1 atom stereocenters. The van der Waals surface area contributed by atoms with Crippen LogP contribution in [0.25, 0.3) is 22.3 Å². The highest BCUT2D eigenvalue weighted by atomic mass is 35.5. The van der Waals surface area contributed by atoms with E-state index in [0.717, 1.165) is 10.1 Å². The number of hydrogen-bond acceptors (Lipinski definition) is 6. The number of rotatable bonds is 7. The average Bonchev–Trinajstić information content (AvgIpc) is 3.40. The first-order chi connectivity index (χ1) is 20.5. The van der Waals surface area contributed by atoms with Crippen LogP contribution in [0.3, 0.4) is 0 Å². The molecule has 3 aromatic carbocycles. The molecule has 1 fully saturated rings. The number of carbonyl (C=O) groups is 1. The van der Waals surface area contributed by atoms with Gasteiger partial charge < -0.3 is 19.7 Å². The van der Waals surface area contributed by atoms with Gasteiger partial charge in [-0.2, -0.15) is 0 Å². The summed E-state index contributed by atoms with van der Waals surface area (Å²) in [5, 5.41) is 13.0. The Morgan fingerprint density at radius 1 is 1.12 bits per heavy atom. The highest BCUT2D eigenvalue weighted by Gasteiger charge is 2.24. The molecule has 0 saturated carbocycles. The molecule has 0 aliphatic carbocycles. The van der Waals surface area contributed by atoms with Crippen molar-refractivity contribution in [3.8, 4) is 28.0 Å². The number of amides is 1. The molecule has 224 valence electrons. The predicted octanol–water partition coefficient (Wildman–Crippen LogP) is 4.35. The van der Waals surface area contributed by atoms with Crippen LogP contribution in [-0.2, 0) is 20.6 Å². The Morgan fingerprint density at radius 3 is 2.51 bits per heavy atom. The maximum Gasteiger partial charge on any atom is 0.330 e. The van der Waals surface area contributed by atoms with Crippen molar-refractivity contribution in [3.63, 3.8) is 0 Å². The maximum absolute atomic E-state index is 15.5. The van der Waals surface area contributed by atoms with Crippen molar-refractivity contribution in [3.05, 3.63) is 103 Å². The van der Waals surface area contributed by atoms with Crippen LogP contribution in [0.5, 0.6) is 5.75 Å². The lowest BCUT2D eigenvalue weighted by Crippen LogP contribution is -2.40. The van der Waals surface area contributed by atoms with Crippen LogP contribution in [0, 0.1) is 12.7 Å². The molecular weight excluding hydrogens is 575 g/mol. The topological polar surface area (TPSA) is 106 Å². The first-order valence-electron chi connectivity index (χ1n) is 13.7. The van der Waals surface area contributed by atoms with Crippen molar-refractivity contribution < 1.29 is 19.0 Å². The fourth-order valence-electron chi connectivity index (χ4n) is 5.46. The van der Waals surface area contributed by atoms with Gasteiger partial charge in [0.15, 0.2) is 0 Å². The first kappa shape index (κ1) is 30.2. The maximum atomic E-state index is 15.5. The van der Waals surface area contributed by atoms with Crippen molar-refractivity contribution in [2.45, 2.75) is 26.0 Å². The lowest BCUT2D eigenvalue weighted by Gasteiger charge is -2.19. The smallest absolute Gasteiger partial charge is 0.330 e. The molecule has 11 heteroatoms. The van der Waals surface area contributed by atoms with Crippen molar-refractivity contribution in [1.29, 1.82) is 0 Å². The number of aromatic nitrogens is 2. The Kier molecular flexibility index (Phi) is 8.55. The Hall–Kier alpha value is -4.25. The second kappa shape index (κ2) is 12.2. The molecule has 1 amide bonds. The Labute approximate surface area is 252 Å². The monoisotopic (exact) mass is 606 g/mol. The standard InChI is InChI=1S/C32H32ClFN4O5/c1-18-21(7-6-10-27(18)35-30(40)25-16-36(2)32(42)37(3)31(25)41)23-9-5-8-22(29(23)33)19-13-26(34)24(28(14-19)43-4)17-38-12-11-20(39)15-38/h5-10,13-14,16,20,39H,11-12,15,17H2,1-4H3,(H,35,40)/t20-/m1/s1. The molecule has 1 aromatic heterocycles. The second-order valence-corrected chi connectivity index (χ2v) is 11.1. The predicted molar refractivity (Wildman–Crippen MR) is 164 cm³/mol. The van der Waals surface area contributed by atoms with Gasteiger partial charge in [0, 0.05) is 62.3 Å². The van der Waals surface area contributed by atoms with Crippen molar-refractivity contribution >= 4 is 23.2 Å². The number of halogens is 2. The number of likely N-dealkylation sites (tertiary alicyclic amines) is 1. The first-order valence-corrected chi connectivity index (χ1v) is 14.1. The van der Waals surface area contributed by atoms with Crippen LogP contribution in [0.15, 0.2) is 64.3 Å². The zero-order valence-corrected chi connectivity index (χ0v) is 25.0. The van der Waals surface area contributed by atoms with Crippen molar-refractivity contribution in [2.24, 2.45) is 14.1 Å². The molecule has 2 N–H and O–H groups in total. The number of methoxy groups -OCH3 is 1. The highest BCUT2D eigenvalue weighted by Crippen LogP contribution is 2.41.